The maximum absolute atomic E-state index is 11.1. The van der Waals surface area contributed by atoms with Crippen LogP contribution in [0.25, 0.3) is 0 Å². The van der Waals surface area contributed by atoms with E-state index in [0.29, 0.717) is 23.4 Å². The van der Waals surface area contributed by atoms with E-state index in [9.17, 15) is 8.42 Å². The molecule has 4 N–H and O–H groups in total. The Bertz CT molecular complexity index is 888. The molecule has 1 aromatic heterocycles. The lowest BCUT2D eigenvalue weighted by molar-refractivity contribution is 0.483. The number of benzene rings is 1. The molecular formula is C17H23N5O3S. The Kier molecular flexibility index (Phi) is 4.76. The van der Waals surface area contributed by atoms with E-state index in [2.05, 4.69) is 26.1 Å². The Balaban J connectivity index is 1.74. The molecule has 3 rings (SSSR count). The molecule has 8 nitrogen and oxygen atoms in total. The van der Waals surface area contributed by atoms with Crippen LogP contribution in [0.3, 0.4) is 0 Å². The molecule has 0 bridgehead atoms. The molecule has 140 valence electrons. The van der Waals surface area contributed by atoms with Crippen LogP contribution in [0.2, 0.25) is 0 Å². The van der Waals surface area contributed by atoms with Crippen molar-refractivity contribution in [2.75, 3.05) is 16.2 Å². The van der Waals surface area contributed by atoms with E-state index in [4.69, 9.17) is 4.55 Å². The number of nitrogens with zero attached hydrogens (tertiary/aromatic N) is 2. The summed E-state index contributed by atoms with van der Waals surface area (Å²) >= 11 is 0. The van der Waals surface area contributed by atoms with Crippen LogP contribution in [0, 0.1) is 0 Å². The average Bonchev–Trinajstić information content (AvgIpc) is 3.35. The molecule has 2 aromatic rings. The highest BCUT2D eigenvalue weighted by atomic mass is 32.2. The van der Waals surface area contributed by atoms with Gasteiger partial charge in [-0.2, -0.15) is 13.4 Å². The van der Waals surface area contributed by atoms with Crippen molar-refractivity contribution in [2.45, 2.75) is 50.0 Å². The molecule has 0 spiro atoms. The van der Waals surface area contributed by atoms with E-state index in [1.807, 2.05) is 26.8 Å². The number of rotatable bonds is 6. The fourth-order valence-electron chi connectivity index (χ4n) is 2.36. The van der Waals surface area contributed by atoms with Gasteiger partial charge in [0, 0.05) is 17.5 Å². The highest BCUT2D eigenvalue weighted by Crippen LogP contribution is 2.40. The van der Waals surface area contributed by atoms with Crippen LogP contribution < -0.4 is 16.2 Å². The summed E-state index contributed by atoms with van der Waals surface area (Å²) in [4.78, 5) is 8.90. The Morgan fingerprint density at radius 3 is 2.27 bits per heavy atom. The Morgan fingerprint density at radius 1 is 1.08 bits per heavy atom. The number of aromatic nitrogens is 2. The fraction of sp³-hybridized carbons (Fsp3) is 0.412. The maximum Gasteiger partial charge on any atom is 0.294 e. The van der Waals surface area contributed by atoms with Gasteiger partial charge in [0.1, 0.15) is 5.82 Å². The van der Waals surface area contributed by atoms with Gasteiger partial charge in [0.05, 0.1) is 16.3 Å². The summed E-state index contributed by atoms with van der Waals surface area (Å²) in [5, 5.41) is 3.28. The van der Waals surface area contributed by atoms with Gasteiger partial charge < -0.3 is 5.32 Å². The van der Waals surface area contributed by atoms with Crippen molar-refractivity contribution in [2.24, 2.45) is 0 Å². The lowest BCUT2D eigenvalue weighted by Gasteiger charge is -2.21. The predicted octanol–water partition coefficient (Wildman–Crippen LogP) is 3.25. The minimum atomic E-state index is -4.19. The van der Waals surface area contributed by atoms with Crippen molar-refractivity contribution in [3.63, 3.8) is 0 Å². The summed E-state index contributed by atoms with van der Waals surface area (Å²) in [5.74, 6) is 1.66. The van der Waals surface area contributed by atoms with Gasteiger partial charge in [0.2, 0.25) is 5.95 Å². The van der Waals surface area contributed by atoms with Crippen LogP contribution >= 0.6 is 0 Å². The predicted molar refractivity (Wildman–Crippen MR) is 101 cm³/mol. The van der Waals surface area contributed by atoms with Crippen molar-refractivity contribution in [3.05, 3.63) is 36.0 Å². The monoisotopic (exact) mass is 377 g/mol. The molecule has 0 radical (unpaired) electrons. The third-order valence-electron chi connectivity index (χ3n) is 3.72. The van der Waals surface area contributed by atoms with Gasteiger partial charge in [-0.15, -0.1) is 0 Å². The maximum atomic E-state index is 11.1. The first-order valence-corrected chi connectivity index (χ1v) is 9.81. The van der Waals surface area contributed by atoms with Gasteiger partial charge in [-0.05, 0) is 57.9 Å². The number of nitrogens with one attached hydrogen (secondary N) is 3. The third kappa shape index (κ3) is 5.06. The second-order valence-corrected chi connectivity index (χ2v) is 8.82. The van der Waals surface area contributed by atoms with Gasteiger partial charge in [-0.3, -0.25) is 15.4 Å². The van der Waals surface area contributed by atoms with E-state index < -0.39 is 10.1 Å². The molecule has 0 amide bonds. The van der Waals surface area contributed by atoms with Gasteiger partial charge in [0.15, 0.2) is 0 Å². The molecule has 1 heterocycles. The minimum Gasteiger partial charge on any atom is -0.350 e. The van der Waals surface area contributed by atoms with Gasteiger partial charge in [0.25, 0.3) is 10.1 Å². The number of hydrogen-bond acceptors (Lipinski definition) is 7. The highest BCUT2D eigenvalue weighted by Gasteiger charge is 2.26. The quantitative estimate of drug-likeness (QED) is 0.448. The lowest BCUT2D eigenvalue weighted by Crippen LogP contribution is -2.28. The van der Waals surface area contributed by atoms with E-state index in [1.54, 1.807) is 12.1 Å². The first-order valence-electron chi connectivity index (χ1n) is 8.37. The molecule has 0 aliphatic heterocycles. The van der Waals surface area contributed by atoms with E-state index in [0.717, 1.165) is 18.5 Å². The fourth-order valence-corrected chi connectivity index (χ4v) is 2.84. The van der Waals surface area contributed by atoms with Crippen molar-refractivity contribution in [1.82, 2.24) is 9.97 Å². The summed E-state index contributed by atoms with van der Waals surface area (Å²) in [6.45, 7) is 6.13. The van der Waals surface area contributed by atoms with Crippen LogP contribution in [-0.4, -0.2) is 28.5 Å². The minimum absolute atomic E-state index is 0.154. The van der Waals surface area contributed by atoms with Gasteiger partial charge in [-0.25, -0.2) is 4.98 Å². The molecule has 1 aliphatic rings. The SMILES string of the molecule is CC(C)(C)Nc1nc(NNc2ccc(S(=O)(=O)O)cc2)cc(C2CC2)n1. The van der Waals surface area contributed by atoms with E-state index >= 15 is 0 Å². The van der Waals surface area contributed by atoms with Crippen molar-refractivity contribution in [1.29, 1.82) is 0 Å². The standard InChI is InChI=1S/C17H23N5O3S/c1-17(2,3)20-16-18-14(11-4-5-11)10-15(19-16)22-21-12-6-8-13(9-7-12)26(23,24)25/h6-11,21H,4-5H2,1-3H3,(H,23,24,25)(H2,18,19,20,22). The Hall–Kier alpha value is -2.39. The van der Waals surface area contributed by atoms with Gasteiger partial charge in [-0.1, -0.05) is 0 Å². The molecule has 1 saturated carbocycles. The Labute approximate surface area is 153 Å². The summed E-state index contributed by atoms with van der Waals surface area (Å²) in [6.07, 6.45) is 2.27. The summed E-state index contributed by atoms with van der Waals surface area (Å²) in [7, 11) is -4.19. The summed E-state index contributed by atoms with van der Waals surface area (Å²) in [5.41, 5.74) is 7.46. The van der Waals surface area contributed by atoms with Crippen LogP contribution in [0.5, 0.6) is 0 Å². The summed E-state index contributed by atoms with van der Waals surface area (Å²) < 4.78 is 31.2. The topological polar surface area (TPSA) is 116 Å². The molecule has 0 unspecified atom stereocenters. The van der Waals surface area contributed by atoms with Crippen LogP contribution in [-0.2, 0) is 10.1 Å². The van der Waals surface area contributed by atoms with Crippen LogP contribution in [0.4, 0.5) is 17.5 Å². The zero-order chi connectivity index (χ0) is 18.9. The zero-order valence-electron chi connectivity index (χ0n) is 14.9. The molecule has 9 heteroatoms. The largest absolute Gasteiger partial charge is 0.350 e. The van der Waals surface area contributed by atoms with Gasteiger partial charge >= 0.3 is 0 Å². The van der Waals surface area contributed by atoms with E-state index in [1.165, 1.54) is 12.1 Å². The number of hydrogen-bond donors (Lipinski definition) is 4. The molecule has 1 aromatic carbocycles. The molecule has 26 heavy (non-hydrogen) atoms. The second kappa shape index (κ2) is 6.73. The second-order valence-electron chi connectivity index (χ2n) is 7.40. The Morgan fingerprint density at radius 2 is 1.73 bits per heavy atom. The molecule has 1 fully saturated rings. The van der Waals surface area contributed by atoms with Crippen molar-refractivity contribution < 1.29 is 13.0 Å². The molecular weight excluding hydrogens is 354 g/mol. The summed E-state index contributed by atoms with van der Waals surface area (Å²) in [6, 6.07) is 7.65. The molecule has 0 saturated heterocycles. The average molecular weight is 377 g/mol. The molecule has 0 atom stereocenters. The smallest absolute Gasteiger partial charge is 0.294 e. The normalized spacial score (nSPS) is 14.8. The van der Waals surface area contributed by atoms with Crippen molar-refractivity contribution >= 4 is 27.6 Å². The van der Waals surface area contributed by atoms with Crippen LogP contribution in [0.15, 0.2) is 35.2 Å². The van der Waals surface area contributed by atoms with Crippen LogP contribution in [0.1, 0.15) is 45.2 Å². The number of hydrazine groups is 1. The zero-order valence-corrected chi connectivity index (χ0v) is 15.8. The first kappa shape index (κ1) is 18.4. The number of anilines is 3. The highest BCUT2D eigenvalue weighted by molar-refractivity contribution is 7.85. The van der Waals surface area contributed by atoms with Crippen molar-refractivity contribution in [3.8, 4) is 0 Å². The third-order valence-corrected chi connectivity index (χ3v) is 4.58. The first-order chi connectivity index (χ1) is 12.1. The lowest BCUT2D eigenvalue weighted by atomic mass is 10.1. The molecule has 1 aliphatic carbocycles. The van der Waals surface area contributed by atoms with E-state index in [-0.39, 0.29) is 10.4 Å².